The van der Waals surface area contributed by atoms with Gasteiger partial charge in [0.25, 0.3) is 5.91 Å². The van der Waals surface area contributed by atoms with Crippen molar-refractivity contribution in [3.8, 4) is 0 Å². The molecule has 0 aromatic heterocycles. The van der Waals surface area contributed by atoms with Crippen LogP contribution in [0.5, 0.6) is 0 Å². The maximum absolute atomic E-state index is 11.8. The van der Waals surface area contributed by atoms with Gasteiger partial charge in [0, 0.05) is 18.7 Å². The van der Waals surface area contributed by atoms with Gasteiger partial charge >= 0.3 is 0 Å². The minimum absolute atomic E-state index is 0.0370. The molecule has 1 aromatic carbocycles. The van der Waals surface area contributed by atoms with Crippen molar-refractivity contribution in [1.29, 1.82) is 0 Å². The molecule has 104 valence electrons. The Morgan fingerprint density at radius 3 is 2.53 bits per heavy atom. The lowest BCUT2D eigenvalue weighted by atomic mass is 10.1. The van der Waals surface area contributed by atoms with Gasteiger partial charge < -0.3 is 15.7 Å². The highest BCUT2D eigenvalue weighted by Gasteiger charge is 2.08. The third kappa shape index (κ3) is 5.09. The summed E-state index contributed by atoms with van der Waals surface area (Å²) in [4.78, 5) is 23.2. The summed E-state index contributed by atoms with van der Waals surface area (Å²) in [7, 11) is 0. The zero-order valence-electron chi connectivity index (χ0n) is 11.3. The lowest BCUT2D eigenvalue weighted by molar-refractivity contribution is -0.120. The van der Waals surface area contributed by atoms with Crippen LogP contribution in [0.3, 0.4) is 0 Å². The molecular weight excluding hydrogens is 244 g/mol. The highest BCUT2D eigenvalue weighted by molar-refractivity contribution is 5.96. The molecule has 0 radical (unpaired) electrons. The number of aliphatic hydroxyl groups is 1. The van der Waals surface area contributed by atoms with E-state index in [0.29, 0.717) is 18.5 Å². The fourth-order valence-corrected chi connectivity index (χ4v) is 1.51. The quantitative estimate of drug-likeness (QED) is 0.656. The second-order valence-corrected chi connectivity index (χ2v) is 4.41. The molecular formula is C14H20N2O3. The Labute approximate surface area is 113 Å². The van der Waals surface area contributed by atoms with Crippen molar-refractivity contribution in [2.75, 3.05) is 19.7 Å². The minimum atomic E-state index is -0.264. The van der Waals surface area contributed by atoms with Crippen LogP contribution in [0, 0.1) is 13.8 Å². The summed E-state index contributed by atoms with van der Waals surface area (Å²) >= 11 is 0. The van der Waals surface area contributed by atoms with E-state index in [1.54, 1.807) is 12.1 Å². The summed E-state index contributed by atoms with van der Waals surface area (Å²) < 4.78 is 0. The first kappa shape index (κ1) is 15.2. The van der Waals surface area contributed by atoms with Crippen molar-refractivity contribution in [2.24, 2.45) is 0 Å². The number of hydrogen-bond acceptors (Lipinski definition) is 3. The van der Waals surface area contributed by atoms with E-state index in [1.807, 2.05) is 19.9 Å². The molecule has 0 unspecified atom stereocenters. The van der Waals surface area contributed by atoms with Crippen molar-refractivity contribution >= 4 is 11.8 Å². The number of nitrogens with one attached hydrogen (secondary N) is 2. The number of hydrogen-bond donors (Lipinski definition) is 3. The Morgan fingerprint density at radius 1 is 1.16 bits per heavy atom. The molecule has 0 saturated carbocycles. The number of amides is 2. The average Bonchev–Trinajstić information content (AvgIpc) is 2.39. The summed E-state index contributed by atoms with van der Waals surface area (Å²) in [6, 6.07) is 5.42. The van der Waals surface area contributed by atoms with Gasteiger partial charge in [-0.2, -0.15) is 0 Å². The van der Waals surface area contributed by atoms with E-state index < -0.39 is 0 Å². The van der Waals surface area contributed by atoms with Gasteiger partial charge in [-0.25, -0.2) is 0 Å². The number of aliphatic hydroxyl groups excluding tert-OH is 1. The normalized spacial score (nSPS) is 10.1. The van der Waals surface area contributed by atoms with Crippen LogP contribution in [0.25, 0.3) is 0 Å². The summed E-state index contributed by atoms with van der Waals surface area (Å²) in [5.41, 5.74) is 2.71. The van der Waals surface area contributed by atoms with Crippen molar-refractivity contribution < 1.29 is 14.7 Å². The second kappa shape index (κ2) is 7.53. The first-order valence-corrected chi connectivity index (χ1v) is 6.27. The van der Waals surface area contributed by atoms with Crippen LogP contribution >= 0.6 is 0 Å². The highest BCUT2D eigenvalue weighted by atomic mass is 16.3. The molecule has 19 heavy (non-hydrogen) atoms. The van der Waals surface area contributed by atoms with Crippen molar-refractivity contribution in [3.05, 3.63) is 34.9 Å². The predicted octanol–water partition coefficient (Wildman–Crippen LogP) is 0.532. The third-order valence-corrected chi connectivity index (χ3v) is 2.84. The fraction of sp³-hybridized carbons (Fsp3) is 0.429. The van der Waals surface area contributed by atoms with Crippen LogP contribution in [0.2, 0.25) is 0 Å². The van der Waals surface area contributed by atoms with E-state index in [1.165, 1.54) is 0 Å². The van der Waals surface area contributed by atoms with Gasteiger partial charge in [-0.15, -0.1) is 0 Å². The molecule has 2 amide bonds. The van der Waals surface area contributed by atoms with Gasteiger partial charge in [0.1, 0.15) is 0 Å². The molecule has 0 heterocycles. The van der Waals surface area contributed by atoms with Crippen molar-refractivity contribution in [1.82, 2.24) is 10.6 Å². The zero-order chi connectivity index (χ0) is 14.3. The molecule has 0 bridgehead atoms. The van der Waals surface area contributed by atoms with E-state index in [0.717, 1.165) is 11.1 Å². The number of rotatable bonds is 6. The average molecular weight is 264 g/mol. The van der Waals surface area contributed by atoms with E-state index in [9.17, 15) is 9.59 Å². The van der Waals surface area contributed by atoms with Crippen LogP contribution in [0.1, 0.15) is 27.9 Å². The van der Waals surface area contributed by atoms with Gasteiger partial charge in [-0.1, -0.05) is 6.07 Å². The van der Waals surface area contributed by atoms with Gasteiger partial charge in [0.15, 0.2) is 0 Å². The standard InChI is InChI=1S/C14H20N2O3/c1-10-4-5-12(8-11(10)2)14(19)16-9-13(18)15-6-3-7-17/h4-5,8,17H,3,6-7,9H2,1-2H3,(H,15,18)(H,16,19). The van der Waals surface area contributed by atoms with Crippen LogP contribution < -0.4 is 10.6 Å². The molecule has 5 nitrogen and oxygen atoms in total. The minimum Gasteiger partial charge on any atom is -0.396 e. The Kier molecular flexibility index (Phi) is 6.02. The van der Waals surface area contributed by atoms with Gasteiger partial charge in [-0.3, -0.25) is 9.59 Å². The molecule has 0 atom stereocenters. The van der Waals surface area contributed by atoms with Gasteiger partial charge in [0.05, 0.1) is 6.54 Å². The first-order valence-electron chi connectivity index (χ1n) is 6.27. The molecule has 0 aliphatic carbocycles. The van der Waals surface area contributed by atoms with Crippen LogP contribution in [-0.4, -0.2) is 36.6 Å². The number of benzene rings is 1. The van der Waals surface area contributed by atoms with Gasteiger partial charge in [0.2, 0.25) is 5.91 Å². The van der Waals surface area contributed by atoms with E-state index >= 15 is 0 Å². The van der Waals surface area contributed by atoms with E-state index in [4.69, 9.17) is 5.11 Å². The summed E-state index contributed by atoms with van der Waals surface area (Å²) in [6.45, 7) is 4.31. The Balaban J connectivity index is 2.42. The highest BCUT2D eigenvalue weighted by Crippen LogP contribution is 2.09. The molecule has 0 aliphatic heterocycles. The number of carbonyl (C=O) groups excluding carboxylic acids is 2. The Morgan fingerprint density at radius 2 is 1.89 bits per heavy atom. The number of aryl methyl sites for hydroxylation is 2. The predicted molar refractivity (Wildman–Crippen MR) is 73.0 cm³/mol. The molecule has 1 rings (SSSR count). The van der Waals surface area contributed by atoms with E-state index in [2.05, 4.69) is 10.6 Å². The lowest BCUT2D eigenvalue weighted by Crippen LogP contribution is -2.37. The summed E-state index contributed by atoms with van der Waals surface area (Å²) in [6.07, 6.45) is 0.511. The molecule has 0 saturated heterocycles. The topological polar surface area (TPSA) is 78.4 Å². The van der Waals surface area contributed by atoms with Crippen LogP contribution in [-0.2, 0) is 4.79 Å². The largest absolute Gasteiger partial charge is 0.396 e. The zero-order valence-corrected chi connectivity index (χ0v) is 11.3. The molecule has 0 fully saturated rings. The first-order chi connectivity index (χ1) is 9.04. The van der Waals surface area contributed by atoms with Crippen molar-refractivity contribution in [3.63, 3.8) is 0 Å². The third-order valence-electron chi connectivity index (χ3n) is 2.84. The summed E-state index contributed by atoms with van der Waals surface area (Å²) in [5, 5.41) is 13.7. The smallest absolute Gasteiger partial charge is 0.251 e. The molecule has 0 spiro atoms. The SMILES string of the molecule is Cc1ccc(C(=O)NCC(=O)NCCCO)cc1C. The van der Waals surface area contributed by atoms with E-state index in [-0.39, 0.29) is 25.0 Å². The van der Waals surface area contributed by atoms with Crippen LogP contribution in [0.4, 0.5) is 0 Å². The summed E-state index contributed by atoms with van der Waals surface area (Å²) in [5.74, 6) is -0.522. The van der Waals surface area contributed by atoms with Crippen molar-refractivity contribution in [2.45, 2.75) is 20.3 Å². The monoisotopic (exact) mass is 264 g/mol. The molecule has 1 aromatic rings. The maximum atomic E-state index is 11.8. The Hall–Kier alpha value is -1.88. The lowest BCUT2D eigenvalue weighted by Gasteiger charge is -2.07. The molecule has 3 N–H and O–H groups in total. The number of carbonyl (C=O) groups is 2. The fourth-order valence-electron chi connectivity index (χ4n) is 1.51. The molecule has 5 heteroatoms. The maximum Gasteiger partial charge on any atom is 0.251 e. The molecule has 0 aliphatic rings. The van der Waals surface area contributed by atoms with Crippen LogP contribution in [0.15, 0.2) is 18.2 Å². The van der Waals surface area contributed by atoms with Gasteiger partial charge in [-0.05, 0) is 43.5 Å². The Bertz CT molecular complexity index is 458. The second-order valence-electron chi connectivity index (χ2n) is 4.41.